The molecule has 7 heteroatoms. The zero-order valence-electron chi connectivity index (χ0n) is 11.2. The maximum absolute atomic E-state index is 10.6. The minimum absolute atomic E-state index is 0.0356. The van der Waals surface area contributed by atoms with E-state index in [1.165, 1.54) is 6.20 Å². The van der Waals surface area contributed by atoms with Crippen LogP contribution in [0.2, 0.25) is 0 Å². The second-order valence-electron chi connectivity index (χ2n) is 4.00. The summed E-state index contributed by atoms with van der Waals surface area (Å²) in [5, 5.41) is 13.7. The number of aryl methyl sites for hydroxylation is 1. The van der Waals surface area contributed by atoms with Crippen LogP contribution in [0.5, 0.6) is 0 Å². The molecule has 0 aliphatic rings. The highest BCUT2D eigenvalue weighted by Crippen LogP contribution is 2.18. The highest BCUT2D eigenvalue weighted by molar-refractivity contribution is 5.46. The van der Waals surface area contributed by atoms with E-state index in [1.54, 1.807) is 20.1 Å². The van der Waals surface area contributed by atoms with Gasteiger partial charge < -0.3 is 14.8 Å². The fraction of sp³-hybridized carbons (Fsp3) is 0.583. The molecule has 0 radical (unpaired) electrons. The van der Waals surface area contributed by atoms with E-state index in [0.29, 0.717) is 37.7 Å². The Labute approximate surface area is 112 Å². The molecule has 0 fully saturated rings. The lowest BCUT2D eigenvalue weighted by molar-refractivity contribution is -0.385. The van der Waals surface area contributed by atoms with Gasteiger partial charge in [0.25, 0.3) is 5.69 Å². The summed E-state index contributed by atoms with van der Waals surface area (Å²) in [6, 6.07) is 1.67. The number of nitro groups is 1. The van der Waals surface area contributed by atoms with Crippen LogP contribution in [0.4, 0.5) is 11.5 Å². The van der Waals surface area contributed by atoms with Crippen molar-refractivity contribution in [1.82, 2.24) is 4.98 Å². The summed E-state index contributed by atoms with van der Waals surface area (Å²) in [7, 11) is 1.63. The molecule has 1 rings (SSSR count). The SMILES string of the molecule is COCCOCCCNc1cc(C)c([N+](=O)[O-])cn1. The number of anilines is 1. The van der Waals surface area contributed by atoms with Crippen molar-refractivity contribution >= 4 is 11.5 Å². The number of pyridine rings is 1. The number of nitrogens with one attached hydrogen (secondary N) is 1. The zero-order valence-corrected chi connectivity index (χ0v) is 11.2. The first-order chi connectivity index (χ1) is 9.15. The highest BCUT2D eigenvalue weighted by atomic mass is 16.6. The second kappa shape index (κ2) is 8.39. The van der Waals surface area contributed by atoms with Crippen molar-refractivity contribution < 1.29 is 14.4 Å². The molecule has 0 aromatic carbocycles. The predicted molar refractivity (Wildman–Crippen MR) is 71.4 cm³/mol. The molecule has 7 nitrogen and oxygen atoms in total. The first kappa shape index (κ1) is 15.3. The van der Waals surface area contributed by atoms with Gasteiger partial charge in [0.2, 0.25) is 0 Å². The summed E-state index contributed by atoms with van der Waals surface area (Å²) in [6.45, 7) is 4.22. The van der Waals surface area contributed by atoms with Gasteiger partial charge in [-0.25, -0.2) is 4.98 Å². The quantitative estimate of drug-likeness (QED) is 0.417. The minimum Gasteiger partial charge on any atom is -0.382 e. The highest BCUT2D eigenvalue weighted by Gasteiger charge is 2.10. The van der Waals surface area contributed by atoms with Gasteiger partial charge in [-0.1, -0.05) is 0 Å². The van der Waals surface area contributed by atoms with Crippen LogP contribution in [-0.4, -0.2) is 43.4 Å². The molecule has 0 saturated carbocycles. The van der Waals surface area contributed by atoms with Gasteiger partial charge in [0.15, 0.2) is 0 Å². The van der Waals surface area contributed by atoms with Crippen LogP contribution < -0.4 is 5.32 Å². The van der Waals surface area contributed by atoms with Gasteiger partial charge in [-0.3, -0.25) is 10.1 Å². The van der Waals surface area contributed by atoms with Crippen molar-refractivity contribution in [1.29, 1.82) is 0 Å². The Bertz CT molecular complexity index is 412. The van der Waals surface area contributed by atoms with Crippen molar-refractivity contribution in [2.75, 3.05) is 38.8 Å². The van der Waals surface area contributed by atoms with Gasteiger partial charge in [-0.15, -0.1) is 0 Å². The fourth-order valence-corrected chi connectivity index (χ4v) is 1.47. The standard InChI is InChI=1S/C12H19N3O4/c1-10-8-12(14-9-11(10)15(16)17)13-4-3-5-19-7-6-18-2/h8-9H,3-7H2,1-2H3,(H,13,14). The van der Waals surface area contributed by atoms with Gasteiger partial charge in [0, 0.05) is 25.8 Å². The van der Waals surface area contributed by atoms with E-state index in [4.69, 9.17) is 9.47 Å². The lowest BCUT2D eigenvalue weighted by atomic mass is 10.2. The molecule has 0 aliphatic carbocycles. The Hall–Kier alpha value is -1.73. The van der Waals surface area contributed by atoms with Gasteiger partial charge in [-0.2, -0.15) is 0 Å². The summed E-state index contributed by atoms with van der Waals surface area (Å²) in [5.74, 6) is 0.639. The lowest BCUT2D eigenvalue weighted by Crippen LogP contribution is -2.09. The number of hydrogen-bond acceptors (Lipinski definition) is 6. The molecule has 0 atom stereocenters. The van der Waals surface area contributed by atoms with Crippen molar-refractivity contribution in [3.63, 3.8) is 0 Å². The van der Waals surface area contributed by atoms with Crippen LogP contribution in [0.25, 0.3) is 0 Å². The Morgan fingerprint density at radius 3 is 2.84 bits per heavy atom. The largest absolute Gasteiger partial charge is 0.382 e. The molecule has 0 unspecified atom stereocenters. The van der Waals surface area contributed by atoms with E-state index in [0.717, 1.165) is 6.42 Å². The van der Waals surface area contributed by atoms with Crippen LogP contribution in [0.3, 0.4) is 0 Å². The van der Waals surface area contributed by atoms with E-state index in [1.807, 2.05) is 0 Å². The van der Waals surface area contributed by atoms with Crippen molar-refractivity contribution in [2.24, 2.45) is 0 Å². The molecule has 0 bridgehead atoms. The summed E-state index contributed by atoms with van der Waals surface area (Å²) in [5.41, 5.74) is 0.632. The van der Waals surface area contributed by atoms with Crippen LogP contribution in [-0.2, 0) is 9.47 Å². The minimum atomic E-state index is -0.435. The summed E-state index contributed by atoms with van der Waals surface area (Å²) in [6.07, 6.45) is 2.11. The molecule has 1 aromatic rings. The summed E-state index contributed by atoms with van der Waals surface area (Å²) < 4.78 is 10.2. The van der Waals surface area contributed by atoms with Crippen molar-refractivity contribution in [2.45, 2.75) is 13.3 Å². The molecule has 19 heavy (non-hydrogen) atoms. The molecule has 106 valence electrons. The van der Waals surface area contributed by atoms with Crippen LogP contribution in [0.15, 0.2) is 12.3 Å². The van der Waals surface area contributed by atoms with Gasteiger partial charge >= 0.3 is 0 Å². The van der Waals surface area contributed by atoms with Crippen molar-refractivity contribution in [3.05, 3.63) is 27.9 Å². The molecule has 0 spiro atoms. The normalized spacial score (nSPS) is 10.4. The summed E-state index contributed by atoms with van der Waals surface area (Å²) >= 11 is 0. The fourth-order valence-electron chi connectivity index (χ4n) is 1.47. The van der Waals surface area contributed by atoms with E-state index in [-0.39, 0.29) is 5.69 Å². The van der Waals surface area contributed by atoms with Crippen LogP contribution >= 0.6 is 0 Å². The average Bonchev–Trinajstić information content (AvgIpc) is 2.37. The number of aromatic nitrogens is 1. The first-order valence-corrected chi connectivity index (χ1v) is 6.06. The van der Waals surface area contributed by atoms with Gasteiger partial charge in [0.05, 0.1) is 18.1 Å². The number of rotatable bonds is 9. The number of nitrogens with zero attached hydrogens (tertiary/aromatic N) is 2. The van der Waals surface area contributed by atoms with Gasteiger partial charge in [0.1, 0.15) is 12.0 Å². The van der Waals surface area contributed by atoms with E-state index >= 15 is 0 Å². The topological polar surface area (TPSA) is 86.5 Å². The lowest BCUT2D eigenvalue weighted by Gasteiger charge is -2.07. The molecule has 0 aliphatic heterocycles. The maximum Gasteiger partial charge on any atom is 0.290 e. The second-order valence-corrected chi connectivity index (χ2v) is 4.00. The molecule has 1 heterocycles. The van der Waals surface area contributed by atoms with E-state index in [9.17, 15) is 10.1 Å². The third-order valence-electron chi connectivity index (χ3n) is 2.48. The van der Waals surface area contributed by atoms with E-state index < -0.39 is 4.92 Å². The molecule has 1 N–H and O–H groups in total. The maximum atomic E-state index is 10.6. The zero-order chi connectivity index (χ0) is 14.1. The monoisotopic (exact) mass is 269 g/mol. The average molecular weight is 269 g/mol. The predicted octanol–water partition coefficient (Wildman–Crippen LogP) is 1.76. The molecule has 0 saturated heterocycles. The Balaban J connectivity index is 2.26. The Kier molecular flexibility index (Phi) is 6.76. The molecule has 1 aromatic heterocycles. The Morgan fingerprint density at radius 2 is 2.21 bits per heavy atom. The van der Waals surface area contributed by atoms with Crippen molar-refractivity contribution in [3.8, 4) is 0 Å². The third-order valence-corrected chi connectivity index (χ3v) is 2.48. The third kappa shape index (κ3) is 5.62. The Morgan fingerprint density at radius 1 is 1.42 bits per heavy atom. The molecular formula is C12H19N3O4. The number of ether oxygens (including phenoxy) is 2. The summed E-state index contributed by atoms with van der Waals surface area (Å²) in [4.78, 5) is 14.2. The molecular weight excluding hydrogens is 250 g/mol. The number of methoxy groups -OCH3 is 1. The smallest absolute Gasteiger partial charge is 0.290 e. The first-order valence-electron chi connectivity index (χ1n) is 6.06. The molecule has 0 amide bonds. The van der Waals surface area contributed by atoms with Crippen LogP contribution in [0, 0.1) is 17.0 Å². The van der Waals surface area contributed by atoms with E-state index in [2.05, 4.69) is 10.3 Å². The van der Waals surface area contributed by atoms with Crippen LogP contribution in [0.1, 0.15) is 12.0 Å². The number of hydrogen-bond donors (Lipinski definition) is 1. The van der Waals surface area contributed by atoms with Gasteiger partial charge in [-0.05, 0) is 19.4 Å².